The lowest BCUT2D eigenvalue weighted by molar-refractivity contribution is 0.0606. The number of nitrogens with two attached hydrogens (primary N) is 1. The molecule has 0 unspecified atom stereocenters. The third-order valence-electron chi connectivity index (χ3n) is 2.47. The molecule has 2 N–H and O–H groups in total. The molecule has 0 spiro atoms. The molecule has 2 rings (SSSR count). The second-order valence-corrected chi connectivity index (χ2v) is 3.80. The number of hydrogen-bond donors (Lipinski definition) is 1. The van der Waals surface area contributed by atoms with Gasteiger partial charge in [0.05, 0.1) is 5.56 Å². The minimum atomic E-state index is 0.0288. The predicted molar refractivity (Wildman–Crippen MR) is 52.1 cm³/mol. The summed E-state index contributed by atoms with van der Waals surface area (Å²) in [6, 6.07) is 1.92. The molecule has 1 amide bonds. The summed E-state index contributed by atoms with van der Waals surface area (Å²) >= 11 is 0. The van der Waals surface area contributed by atoms with Gasteiger partial charge in [-0.05, 0) is 19.9 Å². The molecule has 4 heteroatoms. The minimum absolute atomic E-state index is 0.0288. The molecule has 0 aliphatic carbocycles. The maximum absolute atomic E-state index is 11.8. The summed E-state index contributed by atoms with van der Waals surface area (Å²) < 4.78 is 5.30. The first kappa shape index (κ1) is 9.27. The van der Waals surface area contributed by atoms with Crippen molar-refractivity contribution in [3.8, 4) is 0 Å². The molecule has 0 atom stereocenters. The van der Waals surface area contributed by atoms with Gasteiger partial charge in [0.1, 0.15) is 11.5 Å². The summed E-state index contributed by atoms with van der Waals surface area (Å²) in [5.41, 5.74) is 6.27. The van der Waals surface area contributed by atoms with Crippen LogP contribution in [0.2, 0.25) is 0 Å². The summed E-state index contributed by atoms with van der Waals surface area (Å²) in [7, 11) is 0. The van der Waals surface area contributed by atoms with Crippen molar-refractivity contribution in [2.75, 3.05) is 13.1 Å². The van der Waals surface area contributed by atoms with Crippen LogP contribution in [0.1, 0.15) is 21.9 Å². The van der Waals surface area contributed by atoms with Crippen molar-refractivity contribution >= 4 is 5.91 Å². The third kappa shape index (κ3) is 1.42. The summed E-state index contributed by atoms with van der Waals surface area (Å²) in [6.07, 6.45) is 0. The number of carbonyl (C=O) groups is 1. The highest BCUT2D eigenvalue weighted by atomic mass is 16.3. The zero-order valence-electron chi connectivity index (χ0n) is 8.41. The van der Waals surface area contributed by atoms with Crippen LogP contribution in [0.3, 0.4) is 0 Å². The molecule has 1 aromatic heterocycles. The monoisotopic (exact) mass is 194 g/mol. The van der Waals surface area contributed by atoms with Gasteiger partial charge < -0.3 is 15.1 Å². The molecular formula is C10H14N2O2. The molecule has 1 aromatic rings. The first-order valence-electron chi connectivity index (χ1n) is 4.70. The predicted octanol–water partition coefficient (Wildman–Crippen LogP) is 0.680. The Morgan fingerprint density at radius 2 is 2.21 bits per heavy atom. The van der Waals surface area contributed by atoms with E-state index in [9.17, 15) is 4.79 Å². The third-order valence-corrected chi connectivity index (χ3v) is 2.47. The maximum atomic E-state index is 11.8. The molecule has 14 heavy (non-hydrogen) atoms. The van der Waals surface area contributed by atoms with Gasteiger partial charge in [-0.2, -0.15) is 0 Å². The van der Waals surface area contributed by atoms with Gasteiger partial charge in [-0.15, -0.1) is 0 Å². The molecular weight excluding hydrogens is 180 g/mol. The van der Waals surface area contributed by atoms with Gasteiger partial charge in [0, 0.05) is 19.1 Å². The van der Waals surface area contributed by atoms with Gasteiger partial charge >= 0.3 is 0 Å². The Balaban J connectivity index is 2.15. The lowest BCUT2D eigenvalue weighted by Crippen LogP contribution is -2.57. The van der Waals surface area contributed by atoms with Crippen LogP contribution in [0.4, 0.5) is 0 Å². The van der Waals surface area contributed by atoms with Crippen LogP contribution in [-0.2, 0) is 0 Å². The quantitative estimate of drug-likeness (QED) is 0.715. The smallest absolute Gasteiger partial charge is 0.257 e. The van der Waals surface area contributed by atoms with Crippen LogP contribution in [0, 0.1) is 13.8 Å². The van der Waals surface area contributed by atoms with Crippen LogP contribution >= 0.6 is 0 Å². The van der Waals surface area contributed by atoms with E-state index in [0.29, 0.717) is 24.4 Å². The molecule has 0 aromatic carbocycles. The molecule has 1 aliphatic rings. The summed E-state index contributed by atoms with van der Waals surface area (Å²) in [5.74, 6) is 1.49. The van der Waals surface area contributed by atoms with Gasteiger partial charge in [-0.3, -0.25) is 4.79 Å². The van der Waals surface area contributed by atoms with E-state index in [2.05, 4.69) is 0 Å². The fourth-order valence-corrected chi connectivity index (χ4v) is 1.69. The number of rotatable bonds is 1. The first-order chi connectivity index (χ1) is 6.58. The van der Waals surface area contributed by atoms with Crippen LogP contribution in [0.5, 0.6) is 0 Å². The Hall–Kier alpha value is -1.29. The number of aryl methyl sites for hydroxylation is 2. The minimum Gasteiger partial charge on any atom is -0.466 e. The number of hydrogen-bond acceptors (Lipinski definition) is 3. The number of likely N-dealkylation sites (tertiary alicyclic amines) is 1. The Morgan fingerprint density at radius 1 is 1.57 bits per heavy atom. The number of amides is 1. The first-order valence-corrected chi connectivity index (χ1v) is 4.70. The molecule has 0 bridgehead atoms. The maximum Gasteiger partial charge on any atom is 0.257 e. The highest BCUT2D eigenvalue weighted by Gasteiger charge is 2.30. The zero-order valence-corrected chi connectivity index (χ0v) is 8.41. The molecule has 2 heterocycles. The van der Waals surface area contributed by atoms with Crippen LogP contribution in [-0.4, -0.2) is 29.9 Å². The fourth-order valence-electron chi connectivity index (χ4n) is 1.69. The van der Waals surface area contributed by atoms with Gasteiger partial charge in [-0.25, -0.2) is 0 Å². The average molecular weight is 194 g/mol. The number of carbonyl (C=O) groups excluding carboxylic acids is 1. The average Bonchev–Trinajstić information content (AvgIpc) is 2.39. The topological polar surface area (TPSA) is 59.5 Å². The largest absolute Gasteiger partial charge is 0.466 e. The molecule has 0 saturated carbocycles. The van der Waals surface area contributed by atoms with Crippen molar-refractivity contribution in [3.63, 3.8) is 0 Å². The van der Waals surface area contributed by atoms with E-state index in [-0.39, 0.29) is 11.9 Å². The number of furan rings is 1. The van der Waals surface area contributed by atoms with E-state index in [1.807, 2.05) is 6.92 Å². The number of nitrogens with zero attached hydrogens (tertiary/aromatic N) is 1. The summed E-state index contributed by atoms with van der Waals surface area (Å²) in [6.45, 7) is 4.95. The van der Waals surface area contributed by atoms with Crippen molar-refractivity contribution in [3.05, 3.63) is 23.2 Å². The Kier molecular flexibility index (Phi) is 2.07. The van der Waals surface area contributed by atoms with Crippen molar-refractivity contribution in [2.45, 2.75) is 19.9 Å². The molecule has 76 valence electrons. The molecule has 1 saturated heterocycles. The van der Waals surface area contributed by atoms with Crippen molar-refractivity contribution in [2.24, 2.45) is 5.73 Å². The SMILES string of the molecule is Cc1cc(C(=O)N2CC(N)C2)c(C)o1. The zero-order chi connectivity index (χ0) is 10.3. The van der Waals surface area contributed by atoms with Crippen molar-refractivity contribution < 1.29 is 9.21 Å². The van der Waals surface area contributed by atoms with Crippen molar-refractivity contribution in [1.82, 2.24) is 4.90 Å². The highest BCUT2D eigenvalue weighted by Crippen LogP contribution is 2.18. The van der Waals surface area contributed by atoms with Gasteiger partial charge in [-0.1, -0.05) is 0 Å². The highest BCUT2D eigenvalue weighted by molar-refractivity contribution is 5.95. The van der Waals surface area contributed by atoms with E-state index < -0.39 is 0 Å². The fraction of sp³-hybridized carbons (Fsp3) is 0.500. The lowest BCUT2D eigenvalue weighted by Gasteiger charge is -2.36. The standard InChI is InChI=1S/C10H14N2O2/c1-6-3-9(7(2)14-6)10(13)12-4-8(11)5-12/h3,8H,4-5,11H2,1-2H3. The van der Waals surface area contributed by atoms with Gasteiger partial charge in [0.15, 0.2) is 0 Å². The van der Waals surface area contributed by atoms with Gasteiger partial charge in [0.2, 0.25) is 0 Å². The summed E-state index contributed by atoms with van der Waals surface area (Å²) in [4.78, 5) is 13.6. The molecule has 1 aliphatic heterocycles. The molecule has 1 fully saturated rings. The Bertz CT molecular complexity index is 364. The molecule has 4 nitrogen and oxygen atoms in total. The van der Waals surface area contributed by atoms with Crippen molar-refractivity contribution in [1.29, 1.82) is 0 Å². The second kappa shape index (κ2) is 3.13. The molecule has 0 radical (unpaired) electrons. The second-order valence-electron chi connectivity index (χ2n) is 3.80. The lowest BCUT2D eigenvalue weighted by atomic mass is 10.1. The Morgan fingerprint density at radius 3 is 2.64 bits per heavy atom. The van der Waals surface area contributed by atoms with E-state index in [1.165, 1.54) is 0 Å². The van der Waals surface area contributed by atoms with E-state index in [4.69, 9.17) is 10.2 Å². The normalized spacial score (nSPS) is 16.9. The van der Waals surface area contributed by atoms with Crippen LogP contribution in [0.15, 0.2) is 10.5 Å². The Labute approximate surface area is 82.7 Å². The van der Waals surface area contributed by atoms with Crippen LogP contribution < -0.4 is 5.73 Å². The van der Waals surface area contributed by atoms with E-state index in [0.717, 1.165) is 5.76 Å². The van der Waals surface area contributed by atoms with Crippen LogP contribution in [0.25, 0.3) is 0 Å². The summed E-state index contributed by atoms with van der Waals surface area (Å²) in [5, 5.41) is 0. The van der Waals surface area contributed by atoms with E-state index >= 15 is 0 Å². The van der Waals surface area contributed by atoms with E-state index in [1.54, 1.807) is 17.9 Å². The van der Waals surface area contributed by atoms with Gasteiger partial charge in [0.25, 0.3) is 5.91 Å².